The van der Waals surface area contributed by atoms with Crippen molar-refractivity contribution in [3.8, 4) is 0 Å². The van der Waals surface area contributed by atoms with Gasteiger partial charge in [-0.05, 0) is 54.6 Å². The Morgan fingerprint density at radius 2 is 1.74 bits per heavy atom. The molecular weight excluding hydrogens is 366 g/mol. The summed E-state index contributed by atoms with van der Waals surface area (Å²) in [5, 5.41) is 6.45. The predicted octanol–water partition coefficient (Wildman–Crippen LogP) is 4.52. The van der Waals surface area contributed by atoms with E-state index in [2.05, 4.69) is 20.4 Å². The van der Waals surface area contributed by atoms with Gasteiger partial charge in [-0.2, -0.15) is 0 Å². The second-order valence-corrected chi connectivity index (χ2v) is 6.02. The quantitative estimate of drug-likeness (QED) is 0.635. The Morgan fingerprint density at radius 3 is 2.44 bits per heavy atom. The molecule has 0 saturated heterocycles. The molecule has 0 aliphatic carbocycles. The summed E-state index contributed by atoms with van der Waals surface area (Å²) >= 11 is 5.92. The molecule has 0 bridgehead atoms. The minimum atomic E-state index is -0.398. The molecule has 1 heterocycles. The zero-order valence-corrected chi connectivity index (χ0v) is 15.2. The molecule has 6 nitrogen and oxygen atoms in total. The van der Waals surface area contributed by atoms with Crippen molar-refractivity contribution >= 4 is 40.5 Å². The normalized spacial score (nSPS) is 10.1. The number of hydrogen-bond donors (Lipinski definition) is 2. The smallest absolute Gasteiger partial charge is 0.337 e. The second kappa shape index (κ2) is 8.33. The lowest BCUT2D eigenvalue weighted by atomic mass is 10.2. The van der Waals surface area contributed by atoms with E-state index in [1.165, 1.54) is 13.3 Å². The molecule has 2 aromatic carbocycles. The van der Waals surface area contributed by atoms with Gasteiger partial charge in [0.1, 0.15) is 5.69 Å². The Kier molecular flexibility index (Phi) is 5.68. The number of halogens is 1. The fourth-order valence-corrected chi connectivity index (χ4v) is 2.56. The molecule has 0 aliphatic rings. The van der Waals surface area contributed by atoms with E-state index >= 15 is 0 Å². The number of rotatable bonds is 5. The number of carbonyl (C=O) groups excluding carboxylic acids is 2. The van der Waals surface area contributed by atoms with Crippen molar-refractivity contribution in [2.24, 2.45) is 0 Å². The maximum Gasteiger partial charge on any atom is 0.337 e. The Bertz CT molecular complexity index is 974. The molecule has 136 valence electrons. The van der Waals surface area contributed by atoms with Crippen LogP contribution in [0.15, 0.2) is 66.9 Å². The van der Waals surface area contributed by atoms with Crippen LogP contribution in [0.2, 0.25) is 5.02 Å². The molecule has 3 rings (SSSR count). The van der Waals surface area contributed by atoms with Gasteiger partial charge >= 0.3 is 5.97 Å². The maximum atomic E-state index is 12.4. The Morgan fingerprint density at radius 1 is 0.963 bits per heavy atom. The van der Waals surface area contributed by atoms with E-state index in [0.29, 0.717) is 22.0 Å². The highest BCUT2D eigenvalue weighted by Gasteiger charge is 2.09. The average Bonchev–Trinajstić information content (AvgIpc) is 2.68. The van der Waals surface area contributed by atoms with Crippen LogP contribution < -0.4 is 10.6 Å². The van der Waals surface area contributed by atoms with Gasteiger partial charge in [0.25, 0.3) is 5.91 Å². The first-order chi connectivity index (χ1) is 13.0. The number of amides is 1. The molecule has 2 N–H and O–H groups in total. The van der Waals surface area contributed by atoms with Crippen molar-refractivity contribution in [3.63, 3.8) is 0 Å². The number of nitrogens with one attached hydrogen (secondary N) is 2. The molecule has 0 aliphatic heterocycles. The number of ether oxygens (including phenoxy) is 1. The summed E-state index contributed by atoms with van der Waals surface area (Å²) in [5.41, 5.74) is 2.75. The van der Waals surface area contributed by atoms with Gasteiger partial charge in [0.2, 0.25) is 0 Å². The number of nitrogens with zero attached hydrogens (tertiary/aromatic N) is 1. The Hall–Kier alpha value is -3.38. The highest BCUT2D eigenvalue weighted by Crippen LogP contribution is 2.19. The number of methoxy groups -OCH3 is 1. The van der Waals surface area contributed by atoms with E-state index in [0.717, 1.165) is 5.69 Å². The summed E-state index contributed by atoms with van der Waals surface area (Å²) in [4.78, 5) is 28.0. The number of hydrogen-bond acceptors (Lipinski definition) is 5. The molecular formula is C20H16ClN3O3. The topological polar surface area (TPSA) is 80.3 Å². The second-order valence-electron chi connectivity index (χ2n) is 5.59. The molecule has 3 aromatic rings. The fraction of sp³-hybridized carbons (Fsp3) is 0.0500. The zero-order chi connectivity index (χ0) is 19.2. The maximum absolute atomic E-state index is 12.4. The van der Waals surface area contributed by atoms with Crippen LogP contribution in [0.3, 0.4) is 0 Å². The van der Waals surface area contributed by atoms with Crippen molar-refractivity contribution in [2.75, 3.05) is 17.7 Å². The number of esters is 1. The van der Waals surface area contributed by atoms with Crippen molar-refractivity contribution < 1.29 is 14.3 Å². The van der Waals surface area contributed by atoms with Crippen LogP contribution in [0.5, 0.6) is 0 Å². The Labute approximate surface area is 161 Å². The molecule has 7 heteroatoms. The van der Waals surface area contributed by atoms with Crippen LogP contribution in [0, 0.1) is 0 Å². The lowest BCUT2D eigenvalue weighted by molar-refractivity contribution is 0.0600. The van der Waals surface area contributed by atoms with Crippen molar-refractivity contribution in [1.82, 2.24) is 4.98 Å². The molecule has 1 amide bonds. The molecule has 0 atom stereocenters. The summed E-state index contributed by atoms with van der Waals surface area (Å²) in [6.07, 6.45) is 1.54. The van der Waals surface area contributed by atoms with Gasteiger partial charge in [-0.3, -0.25) is 9.78 Å². The first-order valence-electron chi connectivity index (χ1n) is 8.03. The lowest BCUT2D eigenvalue weighted by Gasteiger charge is -2.09. The van der Waals surface area contributed by atoms with Crippen LogP contribution in [-0.2, 0) is 4.74 Å². The van der Waals surface area contributed by atoms with E-state index in [9.17, 15) is 9.59 Å². The number of aromatic nitrogens is 1. The molecule has 0 saturated carbocycles. The van der Waals surface area contributed by atoms with E-state index in [4.69, 9.17) is 11.6 Å². The van der Waals surface area contributed by atoms with Gasteiger partial charge in [-0.15, -0.1) is 0 Å². The highest BCUT2D eigenvalue weighted by atomic mass is 35.5. The first kappa shape index (κ1) is 18.4. The minimum absolute atomic E-state index is 0.256. The third-order valence-corrected chi connectivity index (χ3v) is 3.90. The largest absolute Gasteiger partial charge is 0.465 e. The van der Waals surface area contributed by atoms with Crippen LogP contribution in [-0.4, -0.2) is 24.0 Å². The SMILES string of the molecule is COC(=O)c1ccc(Nc2ccnc(C(=O)Nc3cccc(Cl)c3)c2)cc1. The van der Waals surface area contributed by atoms with E-state index < -0.39 is 5.97 Å². The van der Waals surface area contributed by atoms with E-state index in [-0.39, 0.29) is 11.6 Å². The predicted molar refractivity (Wildman–Crippen MR) is 105 cm³/mol. The minimum Gasteiger partial charge on any atom is -0.465 e. The van der Waals surface area contributed by atoms with Gasteiger partial charge < -0.3 is 15.4 Å². The highest BCUT2D eigenvalue weighted by molar-refractivity contribution is 6.30. The Balaban J connectivity index is 1.71. The van der Waals surface area contributed by atoms with Crippen molar-refractivity contribution in [2.45, 2.75) is 0 Å². The summed E-state index contributed by atoms with van der Waals surface area (Å²) in [6, 6.07) is 17.1. The lowest BCUT2D eigenvalue weighted by Crippen LogP contribution is -2.13. The van der Waals surface area contributed by atoms with Crippen LogP contribution in [0.4, 0.5) is 17.1 Å². The van der Waals surface area contributed by atoms with E-state index in [1.54, 1.807) is 60.7 Å². The number of anilines is 3. The van der Waals surface area contributed by atoms with Crippen LogP contribution in [0.25, 0.3) is 0 Å². The fourth-order valence-electron chi connectivity index (χ4n) is 2.37. The van der Waals surface area contributed by atoms with E-state index in [1.807, 2.05) is 0 Å². The van der Waals surface area contributed by atoms with Crippen LogP contribution >= 0.6 is 11.6 Å². The van der Waals surface area contributed by atoms with Gasteiger partial charge in [0.15, 0.2) is 0 Å². The van der Waals surface area contributed by atoms with Crippen molar-refractivity contribution in [3.05, 3.63) is 83.1 Å². The molecule has 0 fully saturated rings. The van der Waals surface area contributed by atoms with Gasteiger partial charge in [-0.1, -0.05) is 17.7 Å². The van der Waals surface area contributed by atoms with Gasteiger partial charge in [0, 0.05) is 28.3 Å². The molecule has 0 radical (unpaired) electrons. The standard InChI is InChI=1S/C20H16ClN3O3/c1-27-20(26)13-5-7-15(8-6-13)23-17-9-10-22-18(12-17)19(25)24-16-4-2-3-14(21)11-16/h2-12H,1H3,(H,22,23)(H,24,25). The number of benzene rings is 2. The summed E-state index contributed by atoms with van der Waals surface area (Å²) in [5.74, 6) is -0.743. The third kappa shape index (κ3) is 4.83. The summed E-state index contributed by atoms with van der Waals surface area (Å²) < 4.78 is 4.67. The molecule has 1 aromatic heterocycles. The average molecular weight is 382 g/mol. The number of carbonyl (C=O) groups is 2. The summed E-state index contributed by atoms with van der Waals surface area (Å²) in [7, 11) is 1.33. The molecule has 27 heavy (non-hydrogen) atoms. The van der Waals surface area contributed by atoms with Crippen molar-refractivity contribution in [1.29, 1.82) is 0 Å². The molecule has 0 spiro atoms. The first-order valence-corrected chi connectivity index (χ1v) is 8.41. The number of pyridine rings is 1. The monoisotopic (exact) mass is 381 g/mol. The molecule has 0 unspecified atom stereocenters. The van der Waals surface area contributed by atoms with Gasteiger partial charge in [0.05, 0.1) is 12.7 Å². The summed E-state index contributed by atoms with van der Waals surface area (Å²) in [6.45, 7) is 0. The van der Waals surface area contributed by atoms with Crippen LogP contribution in [0.1, 0.15) is 20.8 Å². The zero-order valence-electron chi connectivity index (χ0n) is 14.4. The van der Waals surface area contributed by atoms with Gasteiger partial charge in [-0.25, -0.2) is 4.79 Å². The third-order valence-electron chi connectivity index (χ3n) is 3.67.